The second kappa shape index (κ2) is 6.84. The highest BCUT2D eigenvalue weighted by Crippen LogP contribution is 2.36. The Labute approximate surface area is 124 Å². The summed E-state index contributed by atoms with van der Waals surface area (Å²) < 4.78 is 36.9. The van der Waals surface area contributed by atoms with Gasteiger partial charge in [-0.1, -0.05) is 45.9 Å². The molecular formula is C16H22ClF3. The lowest BCUT2D eigenvalue weighted by molar-refractivity contribution is -0.135. The summed E-state index contributed by atoms with van der Waals surface area (Å²) in [6.07, 6.45) is -5.07. The fraction of sp³-hybridized carbons (Fsp3) is 0.625. The van der Waals surface area contributed by atoms with Crippen LogP contribution >= 0.6 is 11.6 Å². The largest absolute Gasteiger partial charge is 0.389 e. The number of alkyl halides is 4. The quantitative estimate of drug-likeness (QED) is 0.541. The summed E-state index contributed by atoms with van der Waals surface area (Å²) in [5.41, 5.74) is 3.07. The molecule has 0 saturated heterocycles. The molecule has 20 heavy (non-hydrogen) atoms. The smallest absolute Gasteiger partial charge is 0.171 e. The van der Waals surface area contributed by atoms with Gasteiger partial charge < -0.3 is 0 Å². The van der Waals surface area contributed by atoms with E-state index in [9.17, 15) is 13.2 Å². The predicted molar refractivity (Wildman–Crippen MR) is 78.5 cm³/mol. The molecule has 0 radical (unpaired) electrons. The van der Waals surface area contributed by atoms with Gasteiger partial charge in [-0.05, 0) is 34.9 Å². The van der Waals surface area contributed by atoms with E-state index >= 15 is 0 Å². The summed E-state index contributed by atoms with van der Waals surface area (Å²) in [5, 5.41) is -0.588. The lowest BCUT2D eigenvalue weighted by Gasteiger charge is -2.20. The Kier molecular flexibility index (Phi) is 5.93. The number of rotatable bonds is 5. The van der Waals surface area contributed by atoms with Gasteiger partial charge in [0.2, 0.25) is 0 Å². The molecule has 0 aliphatic rings. The van der Waals surface area contributed by atoms with Gasteiger partial charge in [-0.25, -0.2) is 0 Å². The maximum absolute atomic E-state index is 12.3. The van der Waals surface area contributed by atoms with Crippen LogP contribution in [0.5, 0.6) is 0 Å². The Bertz CT molecular complexity index is 436. The number of hydrogen-bond acceptors (Lipinski definition) is 0. The average Bonchev–Trinajstić information content (AvgIpc) is 2.34. The van der Waals surface area contributed by atoms with E-state index in [1.165, 1.54) is 5.56 Å². The highest BCUT2D eigenvalue weighted by Gasteiger charge is 2.29. The minimum absolute atomic E-state index is 0.0776. The van der Waals surface area contributed by atoms with E-state index in [4.69, 9.17) is 11.6 Å². The van der Waals surface area contributed by atoms with Gasteiger partial charge in [-0.2, -0.15) is 13.2 Å². The number of halogens is 4. The van der Waals surface area contributed by atoms with E-state index < -0.39 is 18.0 Å². The molecule has 4 heteroatoms. The number of hydrogen-bond donors (Lipinski definition) is 0. The van der Waals surface area contributed by atoms with Crippen LogP contribution in [0.2, 0.25) is 0 Å². The summed E-state index contributed by atoms with van der Waals surface area (Å²) in [4.78, 5) is 0. The molecule has 1 unspecified atom stereocenters. The minimum Gasteiger partial charge on any atom is -0.171 e. The lowest BCUT2D eigenvalue weighted by atomic mass is 9.89. The van der Waals surface area contributed by atoms with Crippen LogP contribution in [0.15, 0.2) is 18.2 Å². The van der Waals surface area contributed by atoms with Crippen LogP contribution in [0.25, 0.3) is 0 Å². The van der Waals surface area contributed by atoms with Crippen molar-refractivity contribution in [2.75, 3.05) is 0 Å². The standard InChI is InChI=1S/C16H22ClF3/c1-10(2)12-5-6-13(14(9-12)11(3)4)15(17)7-8-16(18,19)20/h5-6,9-11,15H,7-8H2,1-4H3. The van der Waals surface area contributed by atoms with Crippen molar-refractivity contribution in [3.8, 4) is 0 Å². The SMILES string of the molecule is CC(C)c1ccc(C(Cl)CCC(F)(F)F)c(C(C)C)c1. The van der Waals surface area contributed by atoms with E-state index in [1.807, 2.05) is 26.0 Å². The molecule has 0 aromatic heterocycles. The van der Waals surface area contributed by atoms with Gasteiger partial charge in [0, 0.05) is 6.42 Å². The average molecular weight is 307 g/mol. The summed E-state index contributed by atoms with van der Waals surface area (Å²) in [6, 6.07) is 5.93. The van der Waals surface area contributed by atoms with Crippen LogP contribution in [-0.2, 0) is 0 Å². The van der Waals surface area contributed by atoms with Gasteiger partial charge in [0.15, 0.2) is 0 Å². The van der Waals surface area contributed by atoms with Crippen LogP contribution in [-0.4, -0.2) is 6.18 Å². The zero-order valence-corrected chi connectivity index (χ0v) is 13.1. The van der Waals surface area contributed by atoms with Gasteiger partial charge in [0.05, 0.1) is 5.38 Å². The maximum atomic E-state index is 12.3. The second-order valence-electron chi connectivity index (χ2n) is 5.82. The molecule has 0 amide bonds. The third-order valence-electron chi connectivity index (χ3n) is 3.42. The van der Waals surface area contributed by atoms with Gasteiger partial charge in [-0.15, -0.1) is 11.6 Å². The van der Waals surface area contributed by atoms with Crippen molar-refractivity contribution < 1.29 is 13.2 Å². The summed E-state index contributed by atoms with van der Waals surface area (Å²) in [6.45, 7) is 8.27. The van der Waals surface area contributed by atoms with E-state index in [-0.39, 0.29) is 12.3 Å². The molecule has 0 bridgehead atoms. The van der Waals surface area contributed by atoms with Crippen molar-refractivity contribution in [1.29, 1.82) is 0 Å². The van der Waals surface area contributed by atoms with Crippen LogP contribution in [0, 0.1) is 0 Å². The van der Waals surface area contributed by atoms with Gasteiger partial charge >= 0.3 is 6.18 Å². The fourth-order valence-electron chi connectivity index (χ4n) is 2.18. The third kappa shape index (κ3) is 5.01. The Balaban J connectivity index is 2.98. The van der Waals surface area contributed by atoms with Crippen molar-refractivity contribution in [2.45, 2.75) is 63.9 Å². The predicted octanol–water partition coefficient (Wildman–Crippen LogP) is 6.56. The molecule has 0 heterocycles. The Morgan fingerprint density at radius 1 is 1.00 bits per heavy atom. The highest BCUT2D eigenvalue weighted by atomic mass is 35.5. The van der Waals surface area contributed by atoms with Crippen LogP contribution in [0.3, 0.4) is 0 Å². The normalized spacial score (nSPS) is 14.1. The minimum atomic E-state index is -4.15. The molecule has 0 N–H and O–H groups in total. The van der Waals surface area contributed by atoms with Crippen molar-refractivity contribution in [2.24, 2.45) is 0 Å². The van der Waals surface area contributed by atoms with Crippen molar-refractivity contribution in [3.05, 3.63) is 34.9 Å². The van der Waals surface area contributed by atoms with Crippen molar-refractivity contribution in [1.82, 2.24) is 0 Å². The Hall–Kier alpha value is -0.700. The molecule has 1 aromatic carbocycles. The second-order valence-corrected chi connectivity index (χ2v) is 6.35. The van der Waals surface area contributed by atoms with E-state index in [0.717, 1.165) is 11.1 Å². The molecule has 0 fully saturated rings. The molecule has 0 aliphatic carbocycles. The molecule has 0 saturated carbocycles. The zero-order chi connectivity index (χ0) is 15.5. The monoisotopic (exact) mass is 306 g/mol. The first-order chi connectivity index (χ1) is 9.11. The topological polar surface area (TPSA) is 0 Å². The first kappa shape index (κ1) is 17.4. The molecular weight excluding hydrogens is 285 g/mol. The van der Waals surface area contributed by atoms with E-state index in [0.29, 0.717) is 5.92 Å². The summed E-state index contributed by atoms with van der Waals surface area (Å²) in [5.74, 6) is 0.640. The third-order valence-corrected chi connectivity index (χ3v) is 3.87. The maximum Gasteiger partial charge on any atom is 0.389 e. The first-order valence-electron chi connectivity index (χ1n) is 6.96. The fourth-order valence-corrected chi connectivity index (χ4v) is 2.49. The molecule has 0 aliphatic heterocycles. The molecule has 1 aromatic rings. The number of benzene rings is 1. The molecule has 1 atom stereocenters. The first-order valence-corrected chi connectivity index (χ1v) is 7.40. The van der Waals surface area contributed by atoms with Crippen LogP contribution < -0.4 is 0 Å². The Morgan fingerprint density at radius 2 is 1.60 bits per heavy atom. The Morgan fingerprint density at radius 3 is 2.05 bits per heavy atom. The molecule has 0 nitrogen and oxygen atoms in total. The van der Waals surface area contributed by atoms with Crippen LogP contribution in [0.1, 0.15) is 74.4 Å². The summed E-state index contributed by atoms with van der Waals surface area (Å²) >= 11 is 6.19. The lowest BCUT2D eigenvalue weighted by Crippen LogP contribution is -2.09. The summed E-state index contributed by atoms with van der Waals surface area (Å²) in [7, 11) is 0. The zero-order valence-electron chi connectivity index (χ0n) is 12.4. The van der Waals surface area contributed by atoms with Gasteiger partial charge in [-0.3, -0.25) is 0 Å². The molecule has 1 rings (SSSR count). The van der Waals surface area contributed by atoms with E-state index in [2.05, 4.69) is 19.9 Å². The van der Waals surface area contributed by atoms with Crippen molar-refractivity contribution >= 4 is 11.6 Å². The van der Waals surface area contributed by atoms with Crippen molar-refractivity contribution in [3.63, 3.8) is 0 Å². The molecule has 114 valence electrons. The van der Waals surface area contributed by atoms with Gasteiger partial charge in [0.25, 0.3) is 0 Å². The van der Waals surface area contributed by atoms with Gasteiger partial charge in [0.1, 0.15) is 0 Å². The van der Waals surface area contributed by atoms with E-state index in [1.54, 1.807) is 0 Å². The highest BCUT2D eigenvalue weighted by molar-refractivity contribution is 6.20. The molecule has 0 spiro atoms. The van der Waals surface area contributed by atoms with Crippen LogP contribution in [0.4, 0.5) is 13.2 Å².